The molecule has 0 aliphatic carbocycles. The second-order valence-corrected chi connectivity index (χ2v) is 11.0. The maximum atomic E-state index is 13.3. The van der Waals surface area contributed by atoms with E-state index in [1.54, 1.807) is 0 Å². The number of methoxy groups -OCH3 is 1. The minimum absolute atomic E-state index is 0.00313. The highest BCUT2D eigenvalue weighted by Crippen LogP contribution is 2.34. The van der Waals surface area contributed by atoms with E-state index in [2.05, 4.69) is 20.9 Å². The second-order valence-electron chi connectivity index (χ2n) is 6.27. The summed E-state index contributed by atoms with van der Waals surface area (Å²) in [6.07, 6.45) is 2.81. The minimum atomic E-state index is -4.20. The predicted octanol–water partition coefficient (Wildman–Crippen LogP) is 2.42. The number of hydrogen-bond donors (Lipinski definition) is 0. The molecule has 0 unspecified atom stereocenters. The van der Waals surface area contributed by atoms with Gasteiger partial charge in [0.2, 0.25) is 20.0 Å². The third-order valence-corrected chi connectivity index (χ3v) is 7.82. The average Bonchev–Trinajstić information content (AvgIpc) is 2.97. The van der Waals surface area contributed by atoms with E-state index in [4.69, 9.17) is 4.74 Å². The quantitative estimate of drug-likeness (QED) is 0.475. The van der Waals surface area contributed by atoms with Crippen molar-refractivity contribution < 1.29 is 30.8 Å². The molecule has 0 aliphatic rings. The van der Waals surface area contributed by atoms with E-state index in [1.807, 2.05) is 0 Å². The molecule has 0 bridgehead atoms. The molecule has 0 fully saturated rings. The Morgan fingerprint density at radius 3 is 2.20 bits per heavy atom. The first-order valence-corrected chi connectivity index (χ1v) is 12.6. The normalized spacial score (nSPS) is 12.2. The first kappa shape index (κ1) is 22.2. The Labute approximate surface area is 180 Å². The van der Waals surface area contributed by atoms with Crippen molar-refractivity contribution in [3.63, 3.8) is 0 Å². The smallest absolute Gasteiger partial charge is 0.357 e. The molecule has 0 N–H and O–H groups in total. The molecular weight excluding hydrogens is 505 g/mol. The Morgan fingerprint density at radius 1 is 1.13 bits per heavy atom. The molecule has 13 heteroatoms. The number of fused-ring (bicyclic) bond motifs is 1. The summed E-state index contributed by atoms with van der Waals surface area (Å²) in [5.41, 5.74) is 0.416. The van der Waals surface area contributed by atoms with Crippen LogP contribution in [-0.4, -0.2) is 51.8 Å². The molecule has 3 rings (SSSR count). The predicted molar refractivity (Wildman–Crippen MR) is 112 cm³/mol. The summed E-state index contributed by atoms with van der Waals surface area (Å²) in [6, 6.07) is 6.41. The summed E-state index contributed by atoms with van der Waals surface area (Å²) < 4.78 is 68.3. The summed E-state index contributed by atoms with van der Waals surface area (Å²) in [6.45, 7) is 0. The lowest BCUT2D eigenvalue weighted by Crippen LogP contribution is -2.35. The fourth-order valence-corrected chi connectivity index (χ4v) is 6.61. The van der Waals surface area contributed by atoms with Crippen LogP contribution in [0, 0.1) is 5.82 Å². The van der Waals surface area contributed by atoms with Crippen LogP contribution in [0.25, 0.3) is 16.9 Å². The number of sulfonamides is 2. The molecule has 1 aromatic carbocycles. The summed E-state index contributed by atoms with van der Waals surface area (Å²) in [7, 11) is -7.23. The zero-order valence-corrected chi connectivity index (χ0v) is 19.0. The van der Waals surface area contributed by atoms with Crippen LogP contribution in [0.2, 0.25) is 0 Å². The van der Waals surface area contributed by atoms with Gasteiger partial charge in [0.15, 0.2) is 5.69 Å². The van der Waals surface area contributed by atoms with Crippen molar-refractivity contribution in [2.75, 3.05) is 23.3 Å². The van der Waals surface area contributed by atoms with Crippen LogP contribution in [0.15, 0.2) is 41.0 Å². The van der Waals surface area contributed by atoms with Crippen LogP contribution in [0.5, 0.6) is 0 Å². The van der Waals surface area contributed by atoms with Crippen molar-refractivity contribution in [1.29, 1.82) is 0 Å². The van der Waals surface area contributed by atoms with Gasteiger partial charge in [0.05, 0.1) is 29.8 Å². The van der Waals surface area contributed by atoms with Crippen molar-refractivity contribution in [3.05, 3.63) is 52.5 Å². The number of rotatable bonds is 5. The van der Waals surface area contributed by atoms with Crippen molar-refractivity contribution in [2.24, 2.45) is 0 Å². The first-order chi connectivity index (χ1) is 13.8. The molecule has 9 nitrogen and oxygen atoms in total. The van der Waals surface area contributed by atoms with Gasteiger partial charge in [-0.25, -0.2) is 31.0 Å². The molecule has 2 aromatic heterocycles. The van der Waals surface area contributed by atoms with Crippen LogP contribution in [-0.2, 0) is 24.8 Å². The van der Waals surface area contributed by atoms with E-state index in [9.17, 15) is 26.0 Å². The number of anilines is 1. The first-order valence-electron chi connectivity index (χ1n) is 8.11. The third kappa shape index (κ3) is 4.04. The lowest BCUT2D eigenvalue weighted by atomic mass is 10.1. The number of halogens is 2. The summed E-state index contributed by atoms with van der Waals surface area (Å²) in [5.74, 6) is -1.23. The van der Waals surface area contributed by atoms with Gasteiger partial charge in [-0.2, -0.15) is 3.71 Å². The van der Waals surface area contributed by atoms with Crippen molar-refractivity contribution in [1.82, 2.24) is 9.38 Å². The molecule has 0 saturated carbocycles. The summed E-state index contributed by atoms with van der Waals surface area (Å²) in [5, 5.41) is 0. The van der Waals surface area contributed by atoms with E-state index in [0.717, 1.165) is 12.5 Å². The molecule has 0 spiro atoms. The van der Waals surface area contributed by atoms with Crippen LogP contribution < -0.4 is 3.71 Å². The monoisotopic (exact) mass is 519 g/mol. The van der Waals surface area contributed by atoms with E-state index >= 15 is 0 Å². The van der Waals surface area contributed by atoms with Crippen molar-refractivity contribution >= 4 is 53.3 Å². The Kier molecular flexibility index (Phi) is 5.64. The molecular formula is C17H15BrFN3O6S2. The maximum absolute atomic E-state index is 13.3. The van der Waals surface area contributed by atoms with Gasteiger partial charge in [-0.05, 0) is 40.2 Å². The zero-order valence-electron chi connectivity index (χ0n) is 15.8. The fraction of sp³-hybridized carbons (Fsp3) is 0.176. The van der Waals surface area contributed by atoms with Crippen LogP contribution >= 0.6 is 15.9 Å². The second kappa shape index (κ2) is 7.63. The highest BCUT2D eigenvalue weighted by Gasteiger charge is 2.31. The standard InChI is InChI=1S/C17H15BrFN3O6S2/c1-28-17(23)16-15(10-4-6-11(19)7-5-10)20-14-8-13(12(18)9-21(14)16)22(29(2,24)25)30(3,26)27/h4-9H,1-3H3. The fourth-order valence-electron chi connectivity index (χ4n) is 2.90. The average molecular weight is 520 g/mol. The third-order valence-electron chi connectivity index (χ3n) is 3.99. The molecule has 0 amide bonds. The summed E-state index contributed by atoms with van der Waals surface area (Å²) in [4.78, 5) is 16.8. The van der Waals surface area contributed by atoms with Gasteiger partial charge in [-0.3, -0.25) is 4.40 Å². The van der Waals surface area contributed by atoms with Crippen molar-refractivity contribution in [2.45, 2.75) is 0 Å². The summed E-state index contributed by atoms with van der Waals surface area (Å²) >= 11 is 3.16. The van der Waals surface area contributed by atoms with Crippen molar-refractivity contribution in [3.8, 4) is 11.3 Å². The lowest BCUT2D eigenvalue weighted by Gasteiger charge is -2.21. The van der Waals surface area contributed by atoms with Gasteiger partial charge >= 0.3 is 5.97 Å². The van der Waals surface area contributed by atoms with Gasteiger partial charge < -0.3 is 4.74 Å². The highest BCUT2D eigenvalue weighted by molar-refractivity contribution is 9.10. The number of carbonyl (C=O) groups excluding carboxylic acids is 1. The molecule has 3 aromatic rings. The number of nitrogens with zero attached hydrogens (tertiary/aromatic N) is 3. The number of aromatic nitrogens is 2. The van der Waals surface area contributed by atoms with Gasteiger partial charge in [-0.1, -0.05) is 0 Å². The highest BCUT2D eigenvalue weighted by atomic mass is 79.9. The van der Waals surface area contributed by atoms with E-state index in [-0.39, 0.29) is 30.9 Å². The van der Waals surface area contributed by atoms with E-state index in [0.29, 0.717) is 5.56 Å². The number of imidazole rings is 1. The molecule has 2 heterocycles. The van der Waals surface area contributed by atoms with Gasteiger partial charge in [0.25, 0.3) is 0 Å². The minimum Gasteiger partial charge on any atom is -0.464 e. The number of hydrogen-bond acceptors (Lipinski definition) is 7. The van der Waals surface area contributed by atoms with Crippen LogP contribution in [0.4, 0.5) is 10.1 Å². The number of carbonyl (C=O) groups is 1. The van der Waals surface area contributed by atoms with Crippen LogP contribution in [0.3, 0.4) is 0 Å². The lowest BCUT2D eigenvalue weighted by molar-refractivity contribution is 0.0593. The molecule has 0 aliphatic heterocycles. The topological polar surface area (TPSA) is 115 Å². The van der Waals surface area contributed by atoms with Crippen LogP contribution in [0.1, 0.15) is 10.5 Å². The van der Waals surface area contributed by atoms with E-state index < -0.39 is 31.8 Å². The van der Waals surface area contributed by atoms with Gasteiger partial charge in [-0.15, -0.1) is 0 Å². The Balaban J connectivity index is 2.37. The maximum Gasteiger partial charge on any atom is 0.357 e. The Bertz CT molecular complexity index is 1340. The van der Waals surface area contributed by atoms with Gasteiger partial charge in [0.1, 0.15) is 17.2 Å². The largest absolute Gasteiger partial charge is 0.464 e. The molecule has 0 atom stereocenters. The molecule has 0 saturated heterocycles. The SMILES string of the molecule is COC(=O)c1c(-c2ccc(F)cc2)nc2cc(N(S(C)(=O)=O)S(C)(=O)=O)c(Br)cn12. The number of esters is 1. The Morgan fingerprint density at radius 2 is 1.70 bits per heavy atom. The number of pyridine rings is 1. The molecule has 30 heavy (non-hydrogen) atoms. The van der Waals surface area contributed by atoms with Gasteiger partial charge in [0, 0.05) is 17.8 Å². The van der Waals surface area contributed by atoms with E-state index in [1.165, 1.54) is 48.0 Å². The Hall–Kier alpha value is -2.51. The number of benzene rings is 1. The number of ether oxygens (including phenoxy) is 1. The molecule has 0 radical (unpaired) electrons. The molecule has 160 valence electrons. The zero-order chi connectivity index (χ0) is 22.4.